The number of anilines is 1. The molecule has 3 fully saturated rings. The molecule has 180 valence electrons. The molecule has 0 aromatic carbocycles. The van der Waals surface area contributed by atoms with Gasteiger partial charge < -0.3 is 20.1 Å². The minimum Gasteiger partial charge on any atom is -0.444 e. The Kier molecular flexibility index (Phi) is 5.73. The van der Waals surface area contributed by atoms with Crippen LogP contribution in [0.3, 0.4) is 0 Å². The zero-order chi connectivity index (χ0) is 23.2. The number of hydrogen-bond donors (Lipinski definition) is 1. The van der Waals surface area contributed by atoms with Crippen LogP contribution < -0.4 is 5.73 Å². The molecule has 2 aromatic heterocycles. The number of carbonyl (C=O) groups excluding carboxylic acids is 1. The number of nitrogens with two attached hydrogens (primary N) is 1. The second kappa shape index (κ2) is 8.43. The fourth-order valence-electron chi connectivity index (χ4n) is 5.80. The molecular weight excluding hydrogens is 420 g/mol. The molecule has 3 aliphatic rings. The number of nitrogen functional groups attached to an aromatic ring is 1. The number of likely N-dealkylation sites (tertiary alicyclic amines) is 2. The number of carbonyl (C=O) groups is 1. The number of ether oxygens (including phenoxy) is 2. The van der Waals surface area contributed by atoms with Gasteiger partial charge in [0, 0.05) is 25.2 Å². The summed E-state index contributed by atoms with van der Waals surface area (Å²) in [6.45, 7) is 9.33. The first-order chi connectivity index (χ1) is 15.7. The second-order valence-corrected chi connectivity index (χ2v) is 10.8. The van der Waals surface area contributed by atoms with E-state index in [1.54, 1.807) is 0 Å². The lowest BCUT2D eigenvalue weighted by atomic mass is 9.85. The SMILES string of the molecule is CC(C)(C)OC(=O)N1CCC2(CCCN2C[C@@H]2CC[C@H](c3ccc4c(N)ncnn34)O2)CC1. The number of amides is 1. The molecular formula is C24H36N6O3. The van der Waals surface area contributed by atoms with Crippen molar-refractivity contribution in [2.45, 2.75) is 82.6 Å². The Morgan fingerprint density at radius 3 is 2.76 bits per heavy atom. The van der Waals surface area contributed by atoms with Crippen LogP contribution in [0.5, 0.6) is 0 Å². The maximum atomic E-state index is 12.5. The molecule has 0 radical (unpaired) electrons. The number of fused-ring (bicyclic) bond motifs is 1. The van der Waals surface area contributed by atoms with Crippen molar-refractivity contribution in [2.75, 3.05) is 31.9 Å². The minimum absolute atomic E-state index is 0.0272. The van der Waals surface area contributed by atoms with Crippen LogP contribution in [0.2, 0.25) is 0 Å². The smallest absolute Gasteiger partial charge is 0.410 e. The molecule has 2 N–H and O–H groups in total. The van der Waals surface area contributed by atoms with E-state index in [1.807, 2.05) is 36.3 Å². The van der Waals surface area contributed by atoms with Gasteiger partial charge in [0.25, 0.3) is 0 Å². The van der Waals surface area contributed by atoms with Crippen LogP contribution in [0.4, 0.5) is 10.6 Å². The molecule has 2 aromatic rings. The summed E-state index contributed by atoms with van der Waals surface area (Å²) in [5, 5.41) is 4.38. The summed E-state index contributed by atoms with van der Waals surface area (Å²) in [7, 11) is 0. The van der Waals surface area contributed by atoms with Crippen molar-refractivity contribution in [3.05, 3.63) is 24.2 Å². The van der Waals surface area contributed by atoms with E-state index in [2.05, 4.69) is 21.0 Å². The lowest BCUT2D eigenvalue weighted by molar-refractivity contribution is -0.0217. The molecule has 33 heavy (non-hydrogen) atoms. The summed E-state index contributed by atoms with van der Waals surface area (Å²) < 4.78 is 14.0. The highest BCUT2D eigenvalue weighted by atomic mass is 16.6. The van der Waals surface area contributed by atoms with Gasteiger partial charge in [-0.1, -0.05) is 0 Å². The zero-order valence-corrected chi connectivity index (χ0v) is 20.0. The van der Waals surface area contributed by atoms with E-state index in [0.717, 1.165) is 63.1 Å². The van der Waals surface area contributed by atoms with E-state index in [1.165, 1.54) is 19.2 Å². The van der Waals surface area contributed by atoms with Crippen molar-refractivity contribution >= 4 is 17.4 Å². The monoisotopic (exact) mass is 456 g/mol. The molecule has 3 saturated heterocycles. The van der Waals surface area contributed by atoms with Crippen molar-refractivity contribution in [1.29, 1.82) is 0 Å². The summed E-state index contributed by atoms with van der Waals surface area (Å²) in [6, 6.07) is 4.02. The fourth-order valence-corrected chi connectivity index (χ4v) is 5.80. The average Bonchev–Trinajstić information content (AvgIpc) is 3.48. The summed E-state index contributed by atoms with van der Waals surface area (Å²) >= 11 is 0. The third kappa shape index (κ3) is 4.40. The molecule has 9 nitrogen and oxygen atoms in total. The number of rotatable bonds is 3. The Morgan fingerprint density at radius 1 is 1.21 bits per heavy atom. The predicted molar refractivity (Wildman–Crippen MR) is 125 cm³/mol. The lowest BCUT2D eigenvalue weighted by Crippen LogP contribution is -2.55. The number of nitrogens with zero attached hydrogens (tertiary/aromatic N) is 5. The molecule has 3 aliphatic heterocycles. The third-order valence-corrected chi connectivity index (χ3v) is 7.46. The van der Waals surface area contributed by atoms with E-state index in [-0.39, 0.29) is 23.8 Å². The number of piperidine rings is 1. The normalized spacial score (nSPS) is 25.8. The largest absolute Gasteiger partial charge is 0.444 e. The van der Waals surface area contributed by atoms with E-state index >= 15 is 0 Å². The summed E-state index contributed by atoms with van der Waals surface area (Å²) in [4.78, 5) is 21.1. The van der Waals surface area contributed by atoms with Gasteiger partial charge in [-0.25, -0.2) is 14.3 Å². The third-order valence-electron chi connectivity index (χ3n) is 7.46. The van der Waals surface area contributed by atoms with Gasteiger partial charge in [-0.2, -0.15) is 5.10 Å². The highest BCUT2D eigenvalue weighted by molar-refractivity contribution is 5.68. The van der Waals surface area contributed by atoms with Crippen LogP contribution in [0.1, 0.15) is 71.1 Å². The highest BCUT2D eigenvalue weighted by Crippen LogP contribution is 2.41. The Hall–Kier alpha value is -2.39. The molecule has 0 saturated carbocycles. The summed E-state index contributed by atoms with van der Waals surface area (Å²) in [5.74, 6) is 0.488. The molecule has 9 heteroatoms. The van der Waals surface area contributed by atoms with Gasteiger partial charge in [-0.3, -0.25) is 4.90 Å². The molecule has 0 unspecified atom stereocenters. The van der Waals surface area contributed by atoms with Crippen molar-refractivity contribution in [3.8, 4) is 0 Å². The molecule has 1 spiro atoms. The molecule has 5 heterocycles. The zero-order valence-electron chi connectivity index (χ0n) is 20.0. The van der Waals surface area contributed by atoms with Crippen LogP contribution in [-0.4, -0.2) is 73.9 Å². The number of aromatic nitrogens is 3. The average molecular weight is 457 g/mol. The molecule has 2 atom stereocenters. The first-order valence-electron chi connectivity index (χ1n) is 12.2. The van der Waals surface area contributed by atoms with Gasteiger partial charge in [0.05, 0.1) is 11.8 Å². The molecule has 0 bridgehead atoms. The molecule has 1 amide bonds. The van der Waals surface area contributed by atoms with Crippen LogP contribution in [0, 0.1) is 0 Å². The molecule has 5 rings (SSSR count). The topological polar surface area (TPSA) is 98.2 Å². The van der Waals surface area contributed by atoms with Crippen LogP contribution in [0.25, 0.3) is 5.52 Å². The quantitative estimate of drug-likeness (QED) is 0.756. The van der Waals surface area contributed by atoms with E-state index in [9.17, 15) is 4.79 Å². The Labute approximate surface area is 195 Å². The number of hydrogen-bond acceptors (Lipinski definition) is 7. The van der Waals surface area contributed by atoms with Crippen LogP contribution in [-0.2, 0) is 9.47 Å². The van der Waals surface area contributed by atoms with Crippen molar-refractivity contribution in [2.24, 2.45) is 0 Å². The Balaban J connectivity index is 1.20. The lowest BCUT2D eigenvalue weighted by Gasteiger charge is -2.45. The Bertz CT molecular complexity index is 1010. The van der Waals surface area contributed by atoms with Gasteiger partial charge in [0.15, 0.2) is 5.82 Å². The van der Waals surface area contributed by atoms with Gasteiger partial charge in [0.1, 0.15) is 23.5 Å². The maximum absolute atomic E-state index is 12.5. The second-order valence-electron chi connectivity index (χ2n) is 10.8. The molecule has 0 aliphatic carbocycles. The van der Waals surface area contributed by atoms with Crippen molar-refractivity contribution in [1.82, 2.24) is 24.4 Å². The minimum atomic E-state index is -0.453. The van der Waals surface area contributed by atoms with E-state index in [4.69, 9.17) is 15.2 Å². The first-order valence-corrected chi connectivity index (χ1v) is 12.2. The van der Waals surface area contributed by atoms with E-state index < -0.39 is 5.60 Å². The standard InChI is InChI=1S/C24H36N6O3/c1-23(2,3)33-22(31)28-13-10-24(11-14-28)9-4-12-29(24)15-17-5-8-20(32-17)18-6-7-19-21(25)26-16-27-30(18)19/h6-7,16-17,20H,4-5,8-15H2,1-3H3,(H2,25,26,27)/t17-,20+/m0/s1. The van der Waals surface area contributed by atoms with Gasteiger partial charge in [-0.15, -0.1) is 0 Å². The Morgan fingerprint density at radius 2 is 2.00 bits per heavy atom. The van der Waals surface area contributed by atoms with Gasteiger partial charge in [-0.05, 0) is 78.0 Å². The van der Waals surface area contributed by atoms with Crippen molar-refractivity contribution in [3.63, 3.8) is 0 Å². The summed E-state index contributed by atoms with van der Waals surface area (Å²) in [5.41, 5.74) is 7.59. The maximum Gasteiger partial charge on any atom is 0.410 e. The predicted octanol–water partition coefficient (Wildman–Crippen LogP) is 3.40. The van der Waals surface area contributed by atoms with Crippen LogP contribution >= 0.6 is 0 Å². The van der Waals surface area contributed by atoms with Crippen LogP contribution in [0.15, 0.2) is 18.5 Å². The fraction of sp³-hybridized carbons (Fsp3) is 0.708. The van der Waals surface area contributed by atoms with Gasteiger partial charge >= 0.3 is 6.09 Å². The van der Waals surface area contributed by atoms with Crippen molar-refractivity contribution < 1.29 is 14.3 Å². The van der Waals surface area contributed by atoms with Gasteiger partial charge in [0.2, 0.25) is 0 Å². The highest BCUT2D eigenvalue weighted by Gasteiger charge is 2.45. The van der Waals surface area contributed by atoms with E-state index in [0.29, 0.717) is 5.82 Å². The summed E-state index contributed by atoms with van der Waals surface area (Å²) in [6.07, 6.45) is 7.97. The first kappa shape index (κ1) is 22.4.